The lowest BCUT2D eigenvalue weighted by Crippen LogP contribution is -2.45. The van der Waals surface area contributed by atoms with E-state index < -0.39 is 9.84 Å². The lowest BCUT2D eigenvalue weighted by molar-refractivity contribution is 0.330. The van der Waals surface area contributed by atoms with Crippen molar-refractivity contribution in [2.45, 2.75) is 58.0 Å². The van der Waals surface area contributed by atoms with Crippen LogP contribution in [-0.4, -0.2) is 42.0 Å². The number of anilines is 1. The van der Waals surface area contributed by atoms with Crippen LogP contribution in [0.1, 0.15) is 44.2 Å². The monoisotopic (exact) mass is 366 g/mol. The molecule has 0 aromatic heterocycles. The van der Waals surface area contributed by atoms with Crippen molar-refractivity contribution in [3.8, 4) is 0 Å². The van der Waals surface area contributed by atoms with Gasteiger partial charge >= 0.3 is 0 Å². The molecule has 1 saturated carbocycles. The van der Waals surface area contributed by atoms with Gasteiger partial charge in [-0.1, -0.05) is 32.0 Å². The second-order valence-corrected chi connectivity index (χ2v) is 9.40. The maximum atomic E-state index is 11.9. The molecule has 1 aromatic rings. The van der Waals surface area contributed by atoms with Gasteiger partial charge in [0.1, 0.15) is 0 Å². The normalized spacial score (nSPS) is 22.3. The first-order chi connectivity index (χ1) is 11.4. The van der Waals surface area contributed by atoms with Crippen LogP contribution >= 0.6 is 12.2 Å². The molecule has 4 nitrogen and oxygen atoms in total. The van der Waals surface area contributed by atoms with Crippen LogP contribution in [0.15, 0.2) is 18.2 Å². The maximum Gasteiger partial charge on any atom is 0.173 e. The summed E-state index contributed by atoms with van der Waals surface area (Å²) in [5.41, 5.74) is 3.62. The molecule has 0 spiro atoms. The summed E-state index contributed by atoms with van der Waals surface area (Å²) in [4.78, 5) is 2.17. The highest BCUT2D eigenvalue weighted by molar-refractivity contribution is 7.91. The highest BCUT2D eigenvalue weighted by atomic mass is 32.2. The van der Waals surface area contributed by atoms with E-state index in [1.807, 2.05) is 0 Å². The van der Waals surface area contributed by atoms with Crippen molar-refractivity contribution in [3.63, 3.8) is 0 Å². The molecule has 0 amide bonds. The summed E-state index contributed by atoms with van der Waals surface area (Å²) in [5, 5.41) is 4.16. The Kier molecular flexibility index (Phi) is 5.16. The number of nitrogens with zero attached hydrogens (tertiary/aromatic N) is 1. The molecule has 1 aliphatic heterocycles. The first-order valence-electron chi connectivity index (χ1n) is 8.85. The lowest BCUT2D eigenvalue weighted by Gasteiger charge is -2.32. The third kappa shape index (κ3) is 3.75. The number of nitrogens with one attached hydrogen (secondary N) is 1. The van der Waals surface area contributed by atoms with Crippen molar-refractivity contribution >= 4 is 32.9 Å². The Hall–Kier alpha value is -1.14. The fourth-order valence-electron chi connectivity index (χ4n) is 3.55. The molecule has 1 N–H and O–H groups in total. The molecule has 24 heavy (non-hydrogen) atoms. The highest BCUT2D eigenvalue weighted by Crippen LogP contribution is 2.33. The average molecular weight is 367 g/mol. The van der Waals surface area contributed by atoms with Gasteiger partial charge in [-0.25, -0.2) is 8.42 Å². The largest absolute Gasteiger partial charge is 0.342 e. The van der Waals surface area contributed by atoms with Crippen LogP contribution in [0.3, 0.4) is 0 Å². The number of sulfone groups is 1. The van der Waals surface area contributed by atoms with E-state index in [-0.39, 0.29) is 17.5 Å². The van der Waals surface area contributed by atoms with E-state index >= 15 is 0 Å². The number of thiocarbonyl (C=S) groups is 1. The van der Waals surface area contributed by atoms with Gasteiger partial charge in [0.25, 0.3) is 0 Å². The van der Waals surface area contributed by atoms with Gasteiger partial charge in [0, 0.05) is 17.8 Å². The molecule has 0 bridgehead atoms. The number of rotatable bonds is 5. The lowest BCUT2D eigenvalue weighted by atomic mass is 10.0. The Balaban J connectivity index is 1.83. The van der Waals surface area contributed by atoms with Gasteiger partial charge in [-0.15, -0.1) is 0 Å². The van der Waals surface area contributed by atoms with Crippen molar-refractivity contribution in [1.82, 2.24) is 4.90 Å². The van der Waals surface area contributed by atoms with Crippen molar-refractivity contribution in [3.05, 3.63) is 29.3 Å². The van der Waals surface area contributed by atoms with Gasteiger partial charge in [0.2, 0.25) is 0 Å². The van der Waals surface area contributed by atoms with E-state index in [1.54, 1.807) is 0 Å². The van der Waals surface area contributed by atoms with Crippen LogP contribution in [0.5, 0.6) is 0 Å². The molecule has 1 aromatic carbocycles. The quantitative estimate of drug-likeness (QED) is 0.811. The van der Waals surface area contributed by atoms with E-state index in [4.69, 9.17) is 12.2 Å². The molecule has 0 unspecified atom stereocenters. The van der Waals surface area contributed by atoms with Crippen molar-refractivity contribution in [2.75, 3.05) is 16.8 Å². The summed E-state index contributed by atoms with van der Waals surface area (Å²) in [5.74, 6) is 0.524. The summed E-state index contributed by atoms with van der Waals surface area (Å²) in [6, 6.07) is 6.79. The first-order valence-corrected chi connectivity index (χ1v) is 11.1. The zero-order valence-electron chi connectivity index (χ0n) is 14.4. The molecular weight excluding hydrogens is 340 g/mol. The van der Waals surface area contributed by atoms with E-state index in [9.17, 15) is 8.42 Å². The fourth-order valence-corrected chi connectivity index (χ4v) is 5.66. The standard InChI is InChI=1S/C18H26N2O2S2/c1-3-13-6-5-7-14(4-2)17(13)19-18(23)20(15-8-9-15)16-10-11-24(21,22)12-16/h5-7,15-16H,3-4,8-12H2,1-2H3,(H,19,23)/t16-/m0/s1. The minimum atomic E-state index is -2.91. The van der Waals surface area contributed by atoms with Gasteiger partial charge < -0.3 is 10.2 Å². The Morgan fingerprint density at radius 3 is 2.25 bits per heavy atom. The third-order valence-electron chi connectivity index (χ3n) is 5.01. The van der Waals surface area contributed by atoms with Gasteiger partial charge in [-0.3, -0.25) is 0 Å². The summed E-state index contributed by atoms with van der Waals surface area (Å²) < 4.78 is 23.8. The predicted octanol–water partition coefficient (Wildman–Crippen LogP) is 3.16. The van der Waals surface area contributed by atoms with Gasteiger partial charge in [0.15, 0.2) is 14.9 Å². The van der Waals surface area contributed by atoms with Gasteiger partial charge in [-0.2, -0.15) is 0 Å². The molecule has 2 fully saturated rings. The van der Waals surface area contributed by atoms with Gasteiger partial charge in [0.05, 0.1) is 11.5 Å². The smallest absolute Gasteiger partial charge is 0.173 e. The van der Waals surface area contributed by atoms with E-state index in [2.05, 4.69) is 42.3 Å². The average Bonchev–Trinajstić information content (AvgIpc) is 3.31. The molecule has 3 rings (SSSR count). The number of hydrogen-bond donors (Lipinski definition) is 1. The second-order valence-electron chi connectivity index (χ2n) is 6.78. The number of aryl methyl sites for hydroxylation is 2. The van der Waals surface area contributed by atoms with Crippen LogP contribution in [0, 0.1) is 0 Å². The van der Waals surface area contributed by atoms with E-state index in [0.717, 1.165) is 31.4 Å². The molecular formula is C18H26N2O2S2. The Morgan fingerprint density at radius 2 is 1.79 bits per heavy atom. The Labute approximate surface area is 150 Å². The third-order valence-corrected chi connectivity index (χ3v) is 7.07. The zero-order valence-corrected chi connectivity index (χ0v) is 16.0. The molecule has 6 heteroatoms. The van der Waals surface area contributed by atoms with Crippen LogP contribution < -0.4 is 5.32 Å². The Bertz CT molecular complexity index is 704. The second kappa shape index (κ2) is 7.00. The van der Waals surface area contributed by atoms with E-state index in [0.29, 0.717) is 17.6 Å². The highest BCUT2D eigenvalue weighted by Gasteiger charge is 2.41. The minimum Gasteiger partial charge on any atom is -0.342 e. The Morgan fingerprint density at radius 1 is 1.17 bits per heavy atom. The first kappa shape index (κ1) is 17.7. The van der Waals surface area contributed by atoms with Gasteiger partial charge in [-0.05, 0) is 55.4 Å². The molecule has 1 aliphatic carbocycles. The van der Waals surface area contributed by atoms with Crippen molar-refractivity contribution < 1.29 is 8.42 Å². The summed E-state index contributed by atoms with van der Waals surface area (Å²) in [6.45, 7) is 4.29. The summed E-state index contributed by atoms with van der Waals surface area (Å²) in [7, 11) is -2.91. The molecule has 0 radical (unpaired) electrons. The topological polar surface area (TPSA) is 49.4 Å². The number of benzene rings is 1. The summed E-state index contributed by atoms with van der Waals surface area (Å²) in [6.07, 6.45) is 4.79. The summed E-state index contributed by atoms with van der Waals surface area (Å²) >= 11 is 5.72. The van der Waals surface area contributed by atoms with Crippen LogP contribution in [0.4, 0.5) is 5.69 Å². The molecule has 2 aliphatic rings. The molecule has 1 atom stereocenters. The molecule has 1 saturated heterocycles. The molecule has 1 heterocycles. The van der Waals surface area contributed by atoms with Crippen LogP contribution in [-0.2, 0) is 22.7 Å². The SMILES string of the molecule is CCc1cccc(CC)c1NC(=S)N(C1CC1)[C@H]1CCS(=O)(=O)C1. The van der Waals surface area contributed by atoms with Crippen LogP contribution in [0.25, 0.3) is 0 Å². The predicted molar refractivity (Wildman–Crippen MR) is 103 cm³/mol. The molecule has 132 valence electrons. The maximum absolute atomic E-state index is 11.9. The zero-order chi connectivity index (χ0) is 17.3. The number of hydrogen-bond acceptors (Lipinski definition) is 3. The number of para-hydroxylation sites is 1. The van der Waals surface area contributed by atoms with E-state index in [1.165, 1.54) is 11.1 Å². The van der Waals surface area contributed by atoms with Crippen molar-refractivity contribution in [2.24, 2.45) is 0 Å². The van der Waals surface area contributed by atoms with Crippen molar-refractivity contribution in [1.29, 1.82) is 0 Å². The minimum absolute atomic E-state index is 0.0290. The fraction of sp³-hybridized carbons (Fsp3) is 0.611. The van der Waals surface area contributed by atoms with Crippen LogP contribution in [0.2, 0.25) is 0 Å².